The molecule has 7 rings (SSSR count). The van der Waals surface area contributed by atoms with Crippen LogP contribution in [0.2, 0.25) is 0 Å². The Morgan fingerprint density at radius 2 is 0.644 bits per heavy atom. The van der Waals surface area contributed by atoms with Gasteiger partial charge in [0.1, 0.15) is 0 Å². The van der Waals surface area contributed by atoms with Crippen molar-refractivity contribution in [3.05, 3.63) is 164 Å². The standard InChI is InChI=1S/C39H30N2.9C2H6/c1-40(32-15-7-3-8-16-32)34-23-25-36-30(27-34)21-22-31-28-35(24-26-37(31)36)41(33-17-9-4-10-18-33)39-20-12-11-19-38(39)29-13-5-2-6-14-29;9*1-2/h2-28H,1H3;9*1-2H3. The molecule has 0 heterocycles. The maximum absolute atomic E-state index is 2.36. The van der Waals surface area contributed by atoms with E-state index in [2.05, 4.69) is 181 Å². The van der Waals surface area contributed by atoms with Gasteiger partial charge < -0.3 is 9.80 Å². The second kappa shape index (κ2) is 38.2. The van der Waals surface area contributed by atoms with Gasteiger partial charge in [0.25, 0.3) is 0 Å². The molecule has 7 aromatic rings. The van der Waals surface area contributed by atoms with E-state index >= 15 is 0 Å². The van der Waals surface area contributed by atoms with E-state index < -0.39 is 0 Å². The quantitative estimate of drug-likeness (QED) is 0.155. The van der Waals surface area contributed by atoms with Crippen LogP contribution in [0.3, 0.4) is 0 Å². The van der Waals surface area contributed by atoms with Crippen molar-refractivity contribution in [3.63, 3.8) is 0 Å². The van der Waals surface area contributed by atoms with Crippen LogP contribution in [0.15, 0.2) is 164 Å². The van der Waals surface area contributed by atoms with Gasteiger partial charge in [0.2, 0.25) is 0 Å². The van der Waals surface area contributed by atoms with Crippen LogP contribution < -0.4 is 9.80 Å². The van der Waals surface area contributed by atoms with E-state index in [0.717, 1.165) is 17.1 Å². The van der Waals surface area contributed by atoms with Gasteiger partial charge in [0, 0.05) is 35.4 Å². The molecule has 0 radical (unpaired) electrons. The van der Waals surface area contributed by atoms with Crippen molar-refractivity contribution in [3.8, 4) is 11.1 Å². The van der Waals surface area contributed by atoms with E-state index in [1.165, 1.54) is 44.0 Å². The fourth-order valence-electron chi connectivity index (χ4n) is 5.73. The first-order valence-corrected chi connectivity index (χ1v) is 23.0. The molecule has 0 saturated heterocycles. The highest BCUT2D eigenvalue weighted by Gasteiger charge is 2.17. The predicted octanol–water partition coefficient (Wildman–Crippen LogP) is 20.1. The molecule has 7 aromatic carbocycles. The number of benzene rings is 7. The Balaban J connectivity index is -0.00000155. The van der Waals surface area contributed by atoms with Gasteiger partial charge in [-0.3, -0.25) is 0 Å². The maximum atomic E-state index is 2.36. The Kier molecular flexibility index (Phi) is 37.5. The van der Waals surface area contributed by atoms with E-state index in [1.807, 2.05) is 125 Å². The lowest BCUT2D eigenvalue weighted by Gasteiger charge is -2.28. The van der Waals surface area contributed by atoms with Crippen molar-refractivity contribution in [2.24, 2.45) is 0 Å². The minimum atomic E-state index is 1.13. The molecule has 0 N–H and O–H groups in total. The highest BCUT2D eigenvalue weighted by molar-refractivity contribution is 6.09. The Hall–Kier alpha value is -5.34. The average Bonchev–Trinajstić information content (AvgIpc) is 3.37. The van der Waals surface area contributed by atoms with Crippen molar-refractivity contribution in [1.29, 1.82) is 0 Å². The van der Waals surface area contributed by atoms with Crippen molar-refractivity contribution in [2.45, 2.75) is 125 Å². The molecule has 0 spiro atoms. The minimum Gasteiger partial charge on any atom is -0.345 e. The molecule has 0 aromatic heterocycles. The van der Waals surface area contributed by atoms with Gasteiger partial charge >= 0.3 is 0 Å². The molecule has 2 nitrogen and oxygen atoms in total. The van der Waals surface area contributed by atoms with Gasteiger partial charge in [-0.15, -0.1) is 0 Å². The first kappa shape index (κ1) is 58.0. The lowest BCUT2D eigenvalue weighted by molar-refractivity contribution is 1.21. The van der Waals surface area contributed by atoms with Crippen LogP contribution >= 0.6 is 0 Å². The van der Waals surface area contributed by atoms with Crippen LogP contribution in [0.1, 0.15) is 125 Å². The second-order valence-electron chi connectivity index (χ2n) is 10.3. The van der Waals surface area contributed by atoms with Crippen LogP contribution in [0, 0.1) is 0 Å². The fourth-order valence-corrected chi connectivity index (χ4v) is 5.73. The van der Waals surface area contributed by atoms with E-state index in [4.69, 9.17) is 0 Å². The number of hydrogen-bond donors (Lipinski definition) is 0. The second-order valence-corrected chi connectivity index (χ2v) is 10.3. The summed E-state index contributed by atoms with van der Waals surface area (Å²) in [5.41, 5.74) is 8.16. The van der Waals surface area contributed by atoms with Gasteiger partial charge in [-0.25, -0.2) is 0 Å². The van der Waals surface area contributed by atoms with E-state index in [0.29, 0.717) is 0 Å². The van der Waals surface area contributed by atoms with Gasteiger partial charge in [-0.2, -0.15) is 0 Å². The SMILES string of the molecule is CC.CC.CC.CC.CC.CC.CC.CC.CC.CN(c1ccccc1)c1ccc2c(ccc3cc(N(c4ccccc4)c4ccccc4-c4ccccc4)ccc32)c1. The van der Waals surface area contributed by atoms with Gasteiger partial charge in [0.05, 0.1) is 5.69 Å². The van der Waals surface area contributed by atoms with Crippen LogP contribution in [-0.2, 0) is 0 Å². The number of hydrogen-bond acceptors (Lipinski definition) is 2. The lowest BCUT2D eigenvalue weighted by atomic mass is 9.99. The fraction of sp³-hybridized carbons (Fsp3) is 0.333. The topological polar surface area (TPSA) is 6.48 Å². The molecule has 322 valence electrons. The van der Waals surface area contributed by atoms with Crippen LogP contribution in [-0.4, -0.2) is 7.05 Å². The van der Waals surface area contributed by atoms with Gasteiger partial charge in [-0.05, 0) is 81.7 Å². The monoisotopic (exact) mass is 797 g/mol. The summed E-state index contributed by atoms with van der Waals surface area (Å²) in [5.74, 6) is 0. The largest absolute Gasteiger partial charge is 0.345 e. The zero-order valence-electron chi connectivity index (χ0n) is 41.0. The Bertz CT molecular complexity index is 1950. The normalized spacial score (nSPS) is 8.59. The highest BCUT2D eigenvalue weighted by atomic mass is 15.1. The zero-order chi connectivity index (χ0) is 45.6. The predicted molar refractivity (Wildman–Crippen MR) is 278 cm³/mol. The molecule has 0 saturated carbocycles. The summed E-state index contributed by atoms with van der Waals surface area (Å²) in [6.07, 6.45) is 0. The van der Waals surface area contributed by atoms with E-state index in [1.54, 1.807) is 0 Å². The smallest absolute Gasteiger partial charge is 0.0540 e. The third kappa shape index (κ3) is 17.2. The van der Waals surface area contributed by atoms with Crippen molar-refractivity contribution in [1.82, 2.24) is 0 Å². The van der Waals surface area contributed by atoms with Crippen LogP contribution in [0.25, 0.3) is 32.7 Å². The molecule has 0 atom stereocenters. The summed E-state index contributed by atoms with van der Waals surface area (Å²) in [5, 5.41) is 4.97. The van der Waals surface area contributed by atoms with Gasteiger partial charge in [-0.1, -0.05) is 234 Å². The first-order valence-electron chi connectivity index (χ1n) is 23.0. The van der Waals surface area contributed by atoms with E-state index in [9.17, 15) is 0 Å². The van der Waals surface area contributed by atoms with Gasteiger partial charge in [0.15, 0.2) is 0 Å². The maximum Gasteiger partial charge on any atom is 0.0540 e. The molecule has 0 aliphatic carbocycles. The number of nitrogens with zero attached hydrogens (tertiary/aromatic N) is 2. The third-order valence-corrected chi connectivity index (χ3v) is 7.84. The summed E-state index contributed by atoms with van der Waals surface area (Å²) in [6, 6.07) is 58.5. The lowest BCUT2D eigenvalue weighted by Crippen LogP contribution is -2.11. The third-order valence-electron chi connectivity index (χ3n) is 7.84. The summed E-state index contributed by atoms with van der Waals surface area (Å²) in [6.45, 7) is 36.0. The zero-order valence-corrected chi connectivity index (χ0v) is 41.0. The summed E-state index contributed by atoms with van der Waals surface area (Å²) in [7, 11) is 2.12. The van der Waals surface area contributed by atoms with Crippen LogP contribution in [0.5, 0.6) is 0 Å². The summed E-state index contributed by atoms with van der Waals surface area (Å²) >= 11 is 0. The molecular formula is C57H84N2. The molecule has 2 heteroatoms. The average molecular weight is 797 g/mol. The number of fused-ring (bicyclic) bond motifs is 3. The van der Waals surface area contributed by atoms with Crippen LogP contribution in [0.4, 0.5) is 28.4 Å². The number of para-hydroxylation sites is 3. The Morgan fingerprint density at radius 1 is 0.288 bits per heavy atom. The van der Waals surface area contributed by atoms with Crippen molar-refractivity contribution in [2.75, 3.05) is 16.8 Å². The highest BCUT2D eigenvalue weighted by Crippen LogP contribution is 2.42. The molecule has 0 aliphatic rings. The van der Waals surface area contributed by atoms with Crippen molar-refractivity contribution >= 4 is 50.0 Å². The summed E-state index contributed by atoms with van der Waals surface area (Å²) in [4.78, 5) is 4.60. The van der Waals surface area contributed by atoms with E-state index in [-0.39, 0.29) is 0 Å². The molecule has 0 aliphatic heterocycles. The summed E-state index contributed by atoms with van der Waals surface area (Å²) < 4.78 is 0. The minimum absolute atomic E-state index is 1.13. The molecule has 0 bridgehead atoms. The first-order chi connectivity index (χ1) is 29.3. The van der Waals surface area contributed by atoms with Crippen molar-refractivity contribution < 1.29 is 0 Å². The molecular weight excluding hydrogens is 713 g/mol. The molecule has 0 fully saturated rings. The molecule has 59 heavy (non-hydrogen) atoms. The molecule has 0 unspecified atom stereocenters. The Morgan fingerprint density at radius 3 is 1.10 bits per heavy atom. The number of rotatable bonds is 6. The molecule has 0 amide bonds. The Labute approximate surface area is 365 Å². The number of anilines is 5.